The summed E-state index contributed by atoms with van der Waals surface area (Å²) in [6, 6.07) is 0. The second-order valence-corrected chi connectivity index (χ2v) is 3.41. The maximum Gasteiger partial charge on any atom is 0.286 e. The quantitative estimate of drug-likeness (QED) is 0.589. The molecule has 4 nitrogen and oxygen atoms in total. The molecule has 0 spiro atoms. The lowest BCUT2D eigenvalue weighted by Crippen LogP contribution is -2.26. The third-order valence-corrected chi connectivity index (χ3v) is 1.34. The Morgan fingerprint density at radius 2 is 2.09 bits per heavy atom. The van der Waals surface area contributed by atoms with E-state index in [-0.39, 0.29) is 11.0 Å². The van der Waals surface area contributed by atoms with Crippen LogP contribution in [0.1, 0.15) is 26.5 Å². The highest BCUT2D eigenvalue weighted by Gasteiger charge is 2.18. The second-order valence-electron chi connectivity index (χ2n) is 3.41. The fourth-order valence-corrected chi connectivity index (χ4v) is 0.820. The molecule has 1 rings (SSSR count). The van der Waals surface area contributed by atoms with Crippen LogP contribution in [0.3, 0.4) is 0 Å². The molecule has 0 fully saturated rings. The zero-order valence-electron chi connectivity index (χ0n) is 6.88. The molecule has 60 valence electrons. The van der Waals surface area contributed by atoms with Crippen LogP contribution in [0.25, 0.3) is 0 Å². The zero-order valence-corrected chi connectivity index (χ0v) is 6.88. The summed E-state index contributed by atoms with van der Waals surface area (Å²) in [6.07, 6.45) is 1.35. The highest BCUT2D eigenvalue weighted by Crippen LogP contribution is 2.14. The van der Waals surface area contributed by atoms with E-state index < -0.39 is 0 Å². The van der Waals surface area contributed by atoms with Gasteiger partial charge in [-0.05, 0) is 0 Å². The predicted octanol–water partition coefficient (Wildman–Crippen LogP) is 0.462. The van der Waals surface area contributed by atoms with Gasteiger partial charge in [0.1, 0.15) is 12.0 Å². The molecular formula is C7H11N3O. The van der Waals surface area contributed by atoms with Gasteiger partial charge in [-0.1, -0.05) is 20.8 Å². The van der Waals surface area contributed by atoms with E-state index in [9.17, 15) is 4.79 Å². The summed E-state index contributed by atoms with van der Waals surface area (Å²) >= 11 is 0. The van der Waals surface area contributed by atoms with Crippen LogP contribution in [0.4, 0.5) is 0 Å². The molecule has 0 amide bonds. The summed E-state index contributed by atoms with van der Waals surface area (Å²) in [5.41, 5.74) is 0.101. The Morgan fingerprint density at radius 1 is 1.45 bits per heavy atom. The van der Waals surface area contributed by atoms with Crippen LogP contribution >= 0.6 is 0 Å². The molecule has 0 bridgehead atoms. The van der Waals surface area contributed by atoms with Crippen molar-refractivity contribution in [2.45, 2.75) is 26.2 Å². The van der Waals surface area contributed by atoms with E-state index in [1.807, 2.05) is 20.8 Å². The summed E-state index contributed by atoms with van der Waals surface area (Å²) in [5.74, 6) is 0. The topological polar surface area (TPSA) is 58.6 Å². The fraction of sp³-hybridized carbons (Fsp3) is 0.571. The number of aromatic nitrogens is 3. The zero-order chi connectivity index (χ0) is 8.48. The minimum Gasteiger partial charge on any atom is -0.266 e. The Balaban J connectivity index is 3.26. The molecule has 0 saturated heterocycles. The number of H-pyrrole nitrogens is 1. The molecule has 0 saturated carbocycles. The number of hydrogen-bond acceptors (Lipinski definition) is 3. The average Bonchev–Trinajstić information content (AvgIpc) is 1.86. The monoisotopic (exact) mass is 153 g/mol. The third kappa shape index (κ3) is 1.63. The third-order valence-electron chi connectivity index (χ3n) is 1.34. The lowest BCUT2D eigenvalue weighted by atomic mass is 9.93. The Morgan fingerprint density at radius 3 is 2.45 bits per heavy atom. The molecule has 0 unspecified atom stereocenters. The van der Waals surface area contributed by atoms with Crippen molar-refractivity contribution in [3.05, 3.63) is 22.4 Å². The molecule has 0 atom stereocenters. The van der Waals surface area contributed by atoms with Crippen molar-refractivity contribution in [2.24, 2.45) is 0 Å². The molecular weight excluding hydrogens is 142 g/mol. The Hall–Kier alpha value is -1.19. The van der Waals surface area contributed by atoms with Crippen LogP contribution in [0.2, 0.25) is 0 Å². The van der Waals surface area contributed by atoms with Crippen molar-refractivity contribution >= 4 is 0 Å². The first-order valence-electron chi connectivity index (χ1n) is 3.42. The first-order chi connectivity index (χ1) is 5.02. The van der Waals surface area contributed by atoms with Crippen LogP contribution < -0.4 is 5.56 Å². The molecule has 0 aromatic carbocycles. The van der Waals surface area contributed by atoms with Crippen LogP contribution in [0.5, 0.6) is 0 Å². The van der Waals surface area contributed by atoms with Crippen molar-refractivity contribution < 1.29 is 0 Å². The highest BCUT2D eigenvalue weighted by molar-refractivity contribution is 5.06. The number of aromatic amines is 1. The van der Waals surface area contributed by atoms with Crippen molar-refractivity contribution in [3.8, 4) is 0 Å². The van der Waals surface area contributed by atoms with Gasteiger partial charge in [0, 0.05) is 5.41 Å². The molecule has 11 heavy (non-hydrogen) atoms. The standard InChI is InChI=1S/C7H11N3O/c1-7(2,3)5-6(11)10-9-4-8-5/h4H,1-3H3,(H,10,11). The predicted molar refractivity (Wildman–Crippen MR) is 41.4 cm³/mol. The van der Waals surface area contributed by atoms with Crippen molar-refractivity contribution in [1.29, 1.82) is 0 Å². The minimum absolute atomic E-state index is 0.208. The van der Waals surface area contributed by atoms with Gasteiger partial charge < -0.3 is 0 Å². The normalized spacial score (nSPS) is 11.5. The SMILES string of the molecule is CC(C)(C)c1ncn[nH]c1=O. The van der Waals surface area contributed by atoms with Gasteiger partial charge in [-0.2, -0.15) is 5.10 Å². The van der Waals surface area contributed by atoms with E-state index in [0.29, 0.717) is 5.69 Å². The molecule has 1 aromatic heterocycles. The van der Waals surface area contributed by atoms with E-state index in [0.717, 1.165) is 0 Å². The van der Waals surface area contributed by atoms with Gasteiger partial charge in [0.2, 0.25) is 0 Å². The van der Waals surface area contributed by atoms with Gasteiger partial charge in [-0.3, -0.25) is 4.79 Å². The summed E-state index contributed by atoms with van der Waals surface area (Å²) in [7, 11) is 0. The largest absolute Gasteiger partial charge is 0.286 e. The van der Waals surface area contributed by atoms with E-state index in [1.165, 1.54) is 6.33 Å². The van der Waals surface area contributed by atoms with Crippen molar-refractivity contribution in [2.75, 3.05) is 0 Å². The highest BCUT2D eigenvalue weighted by atomic mass is 16.1. The van der Waals surface area contributed by atoms with Gasteiger partial charge in [0.25, 0.3) is 5.56 Å². The van der Waals surface area contributed by atoms with Crippen LogP contribution in [0, 0.1) is 0 Å². The lowest BCUT2D eigenvalue weighted by Gasteiger charge is -2.14. The first-order valence-corrected chi connectivity index (χ1v) is 3.42. The summed E-state index contributed by atoms with van der Waals surface area (Å²) < 4.78 is 0. The van der Waals surface area contributed by atoms with Gasteiger partial charge in [-0.15, -0.1) is 0 Å². The molecule has 0 aliphatic rings. The number of rotatable bonds is 0. The Bertz CT molecular complexity index is 297. The van der Waals surface area contributed by atoms with Crippen LogP contribution in [0.15, 0.2) is 11.1 Å². The van der Waals surface area contributed by atoms with Gasteiger partial charge >= 0.3 is 0 Å². The lowest BCUT2D eigenvalue weighted by molar-refractivity contribution is 0.552. The van der Waals surface area contributed by atoms with Gasteiger partial charge in [0.05, 0.1) is 0 Å². The molecule has 0 radical (unpaired) electrons. The summed E-state index contributed by atoms with van der Waals surface area (Å²) in [6.45, 7) is 5.81. The maximum absolute atomic E-state index is 11.1. The van der Waals surface area contributed by atoms with Crippen molar-refractivity contribution in [1.82, 2.24) is 15.2 Å². The molecule has 4 heteroatoms. The smallest absolute Gasteiger partial charge is 0.266 e. The van der Waals surface area contributed by atoms with Crippen molar-refractivity contribution in [3.63, 3.8) is 0 Å². The van der Waals surface area contributed by atoms with Crippen LogP contribution in [-0.4, -0.2) is 15.2 Å². The first kappa shape index (κ1) is 7.91. The summed E-state index contributed by atoms with van der Waals surface area (Å²) in [4.78, 5) is 15.0. The molecule has 0 aliphatic heterocycles. The Labute approximate surface area is 64.7 Å². The number of nitrogens with zero attached hydrogens (tertiary/aromatic N) is 2. The second kappa shape index (κ2) is 2.45. The number of hydrogen-bond donors (Lipinski definition) is 1. The van der Waals surface area contributed by atoms with Gasteiger partial charge in [-0.25, -0.2) is 10.1 Å². The van der Waals surface area contributed by atoms with Gasteiger partial charge in [0.15, 0.2) is 0 Å². The van der Waals surface area contributed by atoms with E-state index >= 15 is 0 Å². The fourth-order valence-electron chi connectivity index (χ4n) is 0.820. The average molecular weight is 153 g/mol. The molecule has 1 N–H and O–H groups in total. The van der Waals surface area contributed by atoms with E-state index in [1.54, 1.807) is 0 Å². The molecule has 1 aromatic rings. The number of nitrogens with one attached hydrogen (secondary N) is 1. The maximum atomic E-state index is 11.1. The molecule has 0 aliphatic carbocycles. The summed E-state index contributed by atoms with van der Waals surface area (Å²) in [5, 5.41) is 5.85. The Kier molecular flexibility index (Phi) is 1.76. The van der Waals surface area contributed by atoms with E-state index in [4.69, 9.17) is 0 Å². The van der Waals surface area contributed by atoms with Crippen LogP contribution in [-0.2, 0) is 5.41 Å². The van der Waals surface area contributed by atoms with E-state index in [2.05, 4.69) is 15.2 Å². The molecule has 1 heterocycles. The minimum atomic E-state index is -0.212.